The summed E-state index contributed by atoms with van der Waals surface area (Å²) in [7, 11) is 0. The van der Waals surface area contributed by atoms with Crippen molar-refractivity contribution < 1.29 is 0 Å². The molecule has 0 atom stereocenters. The molecule has 1 nitrogen and oxygen atoms in total. The highest BCUT2D eigenvalue weighted by Crippen LogP contribution is 2.25. The van der Waals surface area contributed by atoms with E-state index in [0.29, 0.717) is 0 Å². The molecule has 3 rings (SSSR count). The second kappa shape index (κ2) is 3.43. The van der Waals surface area contributed by atoms with Crippen LogP contribution < -0.4 is 0 Å². The molecule has 0 saturated heterocycles. The Morgan fingerprint density at radius 1 is 0.867 bits per heavy atom. The molecule has 0 aliphatic carbocycles. The number of hydrogen-bond donors (Lipinski definition) is 1. The normalized spacial score (nSPS) is 10.5. The van der Waals surface area contributed by atoms with Gasteiger partial charge in [0.1, 0.15) is 0 Å². The third-order valence-corrected chi connectivity index (χ3v) is 2.66. The number of hydrogen-bond acceptors (Lipinski definition) is 0. The lowest BCUT2D eigenvalue weighted by atomic mass is 10.1. The summed E-state index contributed by atoms with van der Waals surface area (Å²) in [5.74, 6) is 0. The largest absolute Gasteiger partial charge is 0.355 e. The van der Waals surface area contributed by atoms with E-state index < -0.39 is 0 Å². The number of aromatic amines is 1. The van der Waals surface area contributed by atoms with E-state index in [9.17, 15) is 0 Å². The summed E-state index contributed by atoms with van der Waals surface area (Å²) in [6.07, 6.45) is 0. The molecule has 1 heteroatoms. The standard InChI is InChI=1S/C13H11N.CH4/c1-9-6-7-13-11(8-9)10-4-2-3-5-12(10)14-13;/h2-8,14H,1H3;1H4. The summed E-state index contributed by atoms with van der Waals surface area (Å²) in [5, 5.41) is 2.63. The van der Waals surface area contributed by atoms with E-state index in [1.54, 1.807) is 0 Å². The highest BCUT2D eigenvalue weighted by atomic mass is 14.7. The van der Waals surface area contributed by atoms with Crippen molar-refractivity contribution in [3.63, 3.8) is 0 Å². The third kappa shape index (κ3) is 1.40. The van der Waals surface area contributed by atoms with Gasteiger partial charge in [0.2, 0.25) is 0 Å². The zero-order chi connectivity index (χ0) is 9.54. The summed E-state index contributed by atoms with van der Waals surface area (Å²) in [4.78, 5) is 3.41. The lowest BCUT2D eigenvalue weighted by Gasteiger charge is -1.92. The number of rotatable bonds is 0. The SMILES string of the molecule is C.Cc1ccc2[nH]c3ccccc3c2c1. The van der Waals surface area contributed by atoms with Gasteiger partial charge in [-0.15, -0.1) is 0 Å². The van der Waals surface area contributed by atoms with Crippen molar-refractivity contribution in [1.82, 2.24) is 4.98 Å². The van der Waals surface area contributed by atoms with Gasteiger partial charge in [0.05, 0.1) is 0 Å². The molecule has 3 aromatic rings. The smallest absolute Gasteiger partial charge is 0.0465 e. The molecule has 1 N–H and O–H groups in total. The molecule has 0 amide bonds. The van der Waals surface area contributed by atoms with Crippen LogP contribution in [0.2, 0.25) is 0 Å². The van der Waals surface area contributed by atoms with Gasteiger partial charge in [-0.3, -0.25) is 0 Å². The van der Waals surface area contributed by atoms with Crippen LogP contribution in [0.3, 0.4) is 0 Å². The second-order valence-corrected chi connectivity index (χ2v) is 3.72. The molecular weight excluding hydrogens is 182 g/mol. The minimum absolute atomic E-state index is 0. The number of nitrogens with one attached hydrogen (secondary N) is 1. The first kappa shape index (κ1) is 9.78. The maximum absolute atomic E-state index is 3.41. The molecule has 0 aliphatic heterocycles. The number of fused-ring (bicyclic) bond motifs is 3. The molecule has 2 aromatic carbocycles. The van der Waals surface area contributed by atoms with Crippen molar-refractivity contribution in [3.05, 3.63) is 48.0 Å². The molecule has 0 radical (unpaired) electrons. The molecule has 1 heterocycles. The van der Waals surface area contributed by atoms with Gasteiger partial charge in [0, 0.05) is 21.8 Å². The van der Waals surface area contributed by atoms with Crippen molar-refractivity contribution in [3.8, 4) is 0 Å². The van der Waals surface area contributed by atoms with Crippen LogP contribution in [0.1, 0.15) is 13.0 Å². The molecule has 0 spiro atoms. The molecule has 15 heavy (non-hydrogen) atoms. The summed E-state index contributed by atoms with van der Waals surface area (Å²) in [6.45, 7) is 2.13. The average molecular weight is 197 g/mol. The molecule has 1 aromatic heterocycles. The lowest BCUT2D eigenvalue weighted by molar-refractivity contribution is 1.49. The van der Waals surface area contributed by atoms with Crippen LogP contribution in [0.5, 0.6) is 0 Å². The van der Waals surface area contributed by atoms with Gasteiger partial charge in [-0.1, -0.05) is 37.3 Å². The number of aromatic nitrogens is 1. The van der Waals surface area contributed by atoms with Gasteiger partial charge in [-0.25, -0.2) is 0 Å². The fourth-order valence-corrected chi connectivity index (χ4v) is 1.96. The van der Waals surface area contributed by atoms with E-state index in [1.807, 2.05) is 0 Å². The highest BCUT2D eigenvalue weighted by molar-refractivity contribution is 6.07. The molecule has 0 aliphatic rings. The van der Waals surface area contributed by atoms with E-state index >= 15 is 0 Å². The van der Waals surface area contributed by atoms with Crippen molar-refractivity contribution >= 4 is 21.8 Å². The maximum Gasteiger partial charge on any atom is 0.0465 e. The van der Waals surface area contributed by atoms with E-state index in [4.69, 9.17) is 0 Å². The molecule has 0 bridgehead atoms. The van der Waals surface area contributed by atoms with Crippen LogP contribution in [0.25, 0.3) is 21.8 Å². The fourth-order valence-electron chi connectivity index (χ4n) is 1.96. The van der Waals surface area contributed by atoms with E-state index in [-0.39, 0.29) is 7.43 Å². The van der Waals surface area contributed by atoms with Crippen molar-refractivity contribution in [2.24, 2.45) is 0 Å². The predicted octanol–water partition coefficient (Wildman–Crippen LogP) is 4.27. The van der Waals surface area contributed by atoms with Gasteiger partial charge >= 0.3 is 0 Å². The Morgan fingerprint density at radius 3 is 2.47 bits per heavy atom. The highest BCUT2D eigenvalue weighted by Gasteiger charge is 2.01. The maximum atomic E-state index is 3.41. The minimum atomic E-state index is 0. The Morgan fingerprint density at radius 2 is 1.60 bits per heavy atom. The Hall–Kier alpha value is -1.76. The predicted molar refractivity (Wildman–Crippen MR) is 67.3 cm³/mol. The minimum Gasteiger partial charge on any atom is -0.355 e. The number of aryl methyl sites for hydroxylation is 1. The first-order chi connectivity index (χ1) is 6.84. The Kier molecular flexibility index (Phi) is 2.24. The van der Waals surface area contributed by atoms with Gasteiger partial charge in [0.25, 0.3) is 0 Å². The Labute approximate surface area is 89.7 Å². The van der Waals surface area contributed by atoms with Crippen LogP contribution in [0, 0.1) is 6.92 Å². The van der Waals surface area contributed by atoms with Crippen molar-refractivity contribution in [2.45, 2.75) is 14.4 Å². The second-order valence-electron chi connectivity index (χ2n) is 3.72. The lowest BCUT2D eigenvalue weighted by Crippen LogP contribution is -1.70. The summed E-state index contributed by atoms with van der Waals surface area (Å²) in [6, 6.07) is 14.9. The fraction of sp³-hybridized carbons (Fsp3) is 0.143. The molecule has 0 unspecified atom stereocenters. The van der Waals surface area contributed by atoms with Gasteiger partial charge < -0.3 is 4.98 Å². The summed E-state index contributed by atoms with van der Waals surface area (Å²) >= 11 is 0. The molecule has 0 saturated carbocycles. The molecule has 76 valence electrons. The first-order valence-electron chi connectivity index (χ1n) is 4.82. The molecule has 0 fully saturated rings. The summed E-state index contributed by atoms with van der Waals surface area (Å²) < 4.78 is 0. The zero-order valence-corrected chi connectivity index (χ0v) is 8.04. The molecular formula is C14H15N. The van der Waals surface area contributed by atoms with Gasteiger partial charge in [0.15, 0.2) is 0 Å². The van der Waals surface area contributed by atoms with E-state index in [0.717, 1.165) is 0 Å². The van der Waals surface area contributed by atoms with Crippen LogP contribution in [0.15, 0.2) is 42.5 Å². The zero-order valence-electron chi connectivity index (χ0n) is 8.04. The van der Waals surface area contributed by atoms with Gasteiger partial charge in [-0.2, -0.15) is 0 Å². The number of para-hydroxylation sites is 1. The van der Waals surface area contributed by atoms with Crippen LogP contribution >= 0.6 is 0 Å². The number of H-pyrrole nitrogens is 1. The van der Waals surface area contributed by atoms with Crippen LogP contribution in [-0.4, -0.2) is 4.98 Å². The third-order valence-electron chi connectivity index (χ3n) is 2.66. The van der Waals surface area contributed by atoms with Crippen molar-refractivity contribution in [2.75, 3.05) is 0 Å². The monoisotopic (exact) mass is 197 g/mol. The van der Waals surface area contributed by atoms with E-state index in [1.165, 1.54) is 27.4 Å². The quantitative estimate of drug-likeness (QED) is 0.554. The average Bonchev–Trinajstić information content (AvgIpc) is 2.56. The Balaban J connectivity index is 0.000000853. The van der Waals surface area contributed by atoms with Crippen LogP contribution in [-0.2, 0) is 0 Å². The van der Waals surface area contributed by atoms with Crippen molar-refractivity contribution in [1.29, 1.82) is 0 Å². The first-order valence-corrected chi connectivity index (χ1v) is 4.82. The number of benzene rings is 2. The van der Waals surface area contributed by atoms with E-state index in [2.05, 4.69) is 54.4 Å². The van der Waals surface area contributed by atoms with Gasteiger partial charge in [-0.05, 0) is 25.1 Å². The Bertz CT molecular complexity index is 605. The van der Waals surface area contributed by atoms with Crippen LogP contribution in [0.4, 0.5) is 0 Å². The summed E-state index contributed by atoms with van der Waals surface area (Å²) in [5.41, 5.74) is 3.74. The topological polar surface area (TPSA) is 15.8 Å².